The van der Waals surface area contributed by atoms with Crippen LogP contribution in [0, 0.1) is 5.82 Å². The summed E-state index contributed by atoms with van der Waals surface area (Å²) >= 11 is 6.45. The van der Waals surface area contributed by atoms with Crippen LogP contribution in [0.1, 0.15) is 16.1 Å². The maximum atomic E-state index is 13.5. The number of benzene rings is 3. The Hall–Kier alpha value is -4.03. The second-order valence-corrected chi connectivity index (χ2v) is 7.86. The van der Waals surface area contributed by atoms with Gasteiger partial charge in [-0.2, -0.15) is 5.10 Å². The summed E-state index contributed by atoms with van der Waals surface area (Å²) in [6, 6.07) is 24.4. The van der Waals surface area contributed by atoms with E-state index in [0.29, 0.717) is 34.0 Å². The summed E-state index contributed by atoms with van der Waals surface area (Å²) < 4.78 is 15.2. The van der Waals surface area contributed by atoms with E-state index in [0.717, 1.165) is 16.6 Å². The van der Waals surface area contributed by atoms with Crippen LogP contribution >= 0.6 is 11.6 Å². The van der Waals surface area contributed by atoms with Gasteiger partial charge in [0.25, 0.3) is 5.91 Å². The molecule has 0 unspecified atom stereocenters. The Labute approximate surface area is 194 Å². The van der Waals surface area contributed by atoms with E-state index in [2.05, 4.69) is 10.3 Å². The first-order valence-electron chi connectivity index (χ1n) is 10.3. The van der Waals surface area contributed by atoms with Crippen LogP contribution in [-0.4, -0.2) is 20.7 Å². The lowest BCUT2D eigenvalue weighted by molar-refractivity contribution is 0.0950. The van der Waals surface area contributed by atoms with E-state index in [9.17, 15) is 9.18 Å². The standard InChI is InChI=1S/C26H18ClFN4O/c27-23-7-2-1-6-21(23)25-22-13-8-17(26(33)30-16-19-5-3-4-14-29-19)15-24(22)32(31-25)20-11-9-18(28)10-12-20/h1-15H,16H2,(H,30,33). The lowest BCUT2D eigenvalue weighted by Gasteiger charge is -2.07. The third-order valence-corrected chi connectivity index (χ3v) is 5.63. The normalized spacial score (nSPS) is 11.0. The fraction of sp³-hybridized carbons (Fsp3) is 0.0385. The van der Waals surface area contributed by atoms with Crippen molar-refractivity contribution in [2.75, 3.05) is 0 Å². The molecule has 0 saturated heterocycles. The van der Waals surface area contributed by atoms with E-state index < -0.39 is 0 Å². The maximum Gasteiger partial charge on any atom is 0.251 e. The average molecular weight is 457 g/mol. The van der Waals surface area contributed by atoms with Crippen LogP contribution in [0.25, 0.3) is 27.8 Å². The molecule has 0 spiro atoms. The Morgan fingerprint density at radius 1 is 0.970 bits per heavy atom. The number of halogens is 2. The SMILES string of the molecule is O=C(NCc1ccccn1)c1ccc2c(-c3ccccc3Cl)nn(-c3ccc(F)cc3)c2c1. The molecule has 0 aliphatic carbocycles. The van der Waals surface area contributed by atoms with Gasteiger partial charge < -0.3 is 5.32 Å². The molecule has 0 aliphatic heterocycles. The summed E-state index contributed by atoms with van der Waals surface area (Å²) in [6.07, 6.45) is 1.69. The van der Waals surface area contributed by atoms with E-state index >= 15 is 0 Å². The Morgan fingerprint density at radius 3 is 2.52 bits per heavy atom. The van der Waals surface area contributed by atoms with Gasteiger partial charge in [-0.3, -0.25) is 9.78 Å². The van der Waals surface area contributed by atoms with Gasteiger partial charge in [-0.05, 0) is 60.7 Å². The molecule has 0 saturated carbocycles. The van der Waals surface area contributed by atoms with Gasteiger partial charge in [0.1, 0.15) is 11.5 Å². The van der Waals surface area contributed by atoms with Gasteiger partial charge in [0.2, 0.25) is 0 Å². The fourth-order valence-electron chi connectivity index (χ4n) is 3.66. The molecule has 5 rings (SSSR count). The van der Waals surface area contributed by atoms with Gasteiger partial charge in [0.05, 0.1) is 28.5 Å². The van der Waals surface area contributed by atoms with Crippen molar-refractivity contribution >= 4 is 28.4 Å². The highest BCUT2D eigenvalue weighted by Gasteiger charge is 2.18. The Kier molecular flexibility index (Phi) is 5.59. The highest BCUT2D eigenvalue weighted by molar-refractivity contribution is 6.33. The number of nitrogens with one attached hydrogen (secondary N) is 1. The van der Waals surface area contributed by atoms with Crippen molar-refractivity contribution in [3.63, 3.8) is 0 Å². The molecular weight excluding hydrogens is 439 g/mol. The molecule has 1 amide bonds. The largest absolute Gasteiger partial charge is 0.346 e. The number of rotatable bonds is 5. The van der Waals surface area contributed by atoms with Crippen LogP contribution in [-0.2, 0) is 6.54 Å². The Morgan fingerprint density at radius 2 is 1.76 bits per heavy atom. The molecule has 5 nitrogen and oxygen atoms in total. The van der Waals surface area contributed by atoms with Crippen LogP contribution in [0.5, 0.6) is 0 Å². The van der Waals surface area contributed by atoms with Crippen LogP contribution in [0.2, 0.25) is 5.02 Å². The maximum absolute atomic E-state index is 13.5. The van der Waals surface area contributed by atoms with Crippen molar-refractivity contribution in [1.82, 2.24) is 20.1 Å². The van der Waals surface area contributed by atoms with Crippen molar-refractivity contribution in [1.29, 1.82) is 0 Å². The zero-order valence-electron chi connectivity index (χ0n) is 17.4. The summed E-state index contributed by atoms with van der Waals surface area (Å²) in [5.41, 5.74) is 4.09. The summed E-state index contributed by atoms with van der Waals surface area (Å²) in [5, 5.41) is 9.07. The minimum Gasteiger partial charge on any atom is -0.346 e. The zero-order valence-corrected chi connectivity index (χ0v) is 18.1. The highest BCUT2D eigenvalue weighted by atomic mass is 35.5. The molecular formula is C26H18ClFN4O. The van der Waals surface area contributed by atoms with Crippen LogP contribution in [0.4, 0.5) is 4.39 Å². The lowest BCUT2D eigenvalue weighted by Crippen LogP contribution is -2.23. The molecule has 2 heterocycles. The number of amides is 1. The molecule has 162 valence electrons. The summed E-state index contributed by atoms with van der Waals surface area (Å²) in [4.78, 5) is 17.1. The van der Waals surface area contributed by atoms with Gasteiger partial charge in [-0.25, -0.2) is 9.07 Å². The van der Waals surface area contributed by atoms with Crippen LogP contribution in [0.3, 0.4) is 0 Å². The van der Waals surface area contributed by atoms with E-state index in [-0.39, 0.29) is 11.7 Å². The van der Waals surface area contributed by atoms with Gasteiger partial charge in [-0.15, -0.1) is 0 Å². The summed E-state index contributed by atoms with van der Waals surface area (Å²) in [7, 11) is 0. The van der Waals surface area contributed by atoms with Gasteiger partial charge in [0.15, 0.2) is 0 Å². The second-order valence-electron chi connectivity index (χ2n) is 7.45. The minimum absolute atomic E-state index is 0.228. The first kappa shape index (κ1) is 20.8. The third-order valence-electron chi connectivity index (χ3n) is 5.30. The predicted molar refractivity (Wildman–Crippen MR) is 127 cm³/mol. The molecule has 0 radical (unpaired) electrons. The molecule has 3 aromatic carbocycles. The van der Waals surface area contributed by atoms with E-state index in [1.807, 2.05) is 42.5 Å². The number of pyridine rings is 1. The van der Waals surface area contributed by atoms with Gasteiger partial charge in [0, 0.05) is 22.7 Å². The smallest absolute Gasteiger partial charge is 0.251 e. The first-order valence-corrected chi connectivity index (χ1v) is 10.7. The molecule has 7 heteroatoms. The number of carbonyl (C=O) groups is 1. The Bertz CT molecular complexity index is 1450. The molecule has 2 aromatic heterocycles. The number of aromatic nitrogens is 3. The van der Waals surface area contributed by atoms with Crippen molar-refractivity contribution < 1.29 is 9.18 Å². The zero-order chi connectivity index (χ0) is 22.8. The second kappa shape index (κ2) is 8.84. The monoisotopic (exact) mass is 456 g/mol. The van der Waals surface area contributed by atoms with Crippen molar-refractivity contribution in [3.05, 3.63) is 113 Å². The fourth-order valence-corrected chi connectivity index (χ4v) is 3.89. The van der Waals surface area contributed by atoms with Gasteiger partial charge >= 0.3 is 0 Å². The number of carbonyl (C=O) groups excluding carboxylic acids is 1. The van der Waals surface area contributed by atoms with Gasteiger partial charge in [-0.1, -0.05) is 35.9 Å². The van der Waals surface area contributed by atoms with E-state index in [4.69, 9.17) is 16.7 Å². The predicted octanol–water partition coefficient (Wildman–Crippen LogP) is 5.81. The van der Waals surface area contributed by atoms with Crippen molar-refractivity contribution in [2.45, 2.75) is 6.54 Å². The minimum atomic E-state index is -0.337. The van der Waals surface area contributed by atoms with E-state index in [1.165, 1.54) is 12.1 Å². The Balaban J connectivity index is 1.59. The lowest BCUT2D eigenvalue weighted by atomic mass is 10.1. The molecule has 0 aliphatic rings. The topological polar surface area (TPSA) is 59.8 Å². The number of fused-ring (bicyclic) bond motifs is 1. The number of hydrogen-bond donors (Lipinski definition) is 1. The van der Waals surface area contributed by atoms with Crippen LogP contribution < -0.4 is 5.32 Å². The average Bonchev–Trinajstić information content (AvgIpc) is 3.22. The van der Waals surface area contributed by atoms with Crippen LogP contribution in [0.15, 0.2) is 91.1 Å². The summed E-state index contributed by atoms with van der Waals surface area (Å²) in [6.45, 7) is 0.319. The highest BCUT2D eigenvalue weighted by Crippen LogP contribution is 2.34. The summed E-state index contributed by atoms with van der Waals surface area (Å²) in [5.74, 6) is -0.565. The van der Waals surface area contributed by atoms with Crippen molar-refractivity contribution in [3.8, 4) is 16.9 Å². The third kappa shape index (κ3) is 4.21. The first-order chi connectivity index (χ1) is 16.1. The number of hydrogen-bond acceptors (Lipinski definition) is 3. The van der Waals surface area contributed by atoms with Crippen molar-refractivity contribution in [2.24, 2.45) is 0 Å². The molecule has 0 atom stereocenters. The molecule has 5 aromatic rings. The number of nitrogens with zero attached hydrogens (tertiary/aromatic N) is 3. The molecule has 0 fully saturated rings. The molecule has 0 bridgehead atoms. The molecule has 1 N–H and O–H groups in total. The van der Waals surface area contributed by atoms with E-state index in [1.54, 1.807) is 41.2 Å². The quantitative estimate of drug-likeness (QED) is 0.363. The molecule has 33 heavy (non-hydrogen) atoms.